The van der Waals surface area contributed by atoms with Crippen LogP contribution >= 0.6 is 11.6 Å². The number of rotatable bonds is 2. The second-order valence-corrected chi connectivity index (χ2v) is 5.31. The van der Waals surface area contributed by atoms with E-state index >= 15 is 0 Å². The van der Waals surface area contributed by atoms with Crippen molar-refractivity contribution in [1.29, 1.82) is 0 Å². The Bertz CT molecular complexity index is 647. The van der Waals surface area contributed by atoms with E-state index in [1.807, 2.05) is 32.0 Å². The summed E-state index contributed by atoms with van der Waals surface area (Å²) < 4.78 is 0. The number of amides is 1. The number of anilines is 1. The summed E-state index contributed by atoms with van der Waals surface area (Å²) in [5, 5.41) is 10.2. The molecule has 0 bridgehead atoms. The molecule has 0 aromatic heterocycles. The topological polar surface area (TPSA) is 40.5 Å². The minimum absolute atomic E-state index is 0.0735. The number of phenolic OH excluding ortho intramolecular Hbond substituents is 1. The van der Waals surface area contributed by atoms with E-state index in [2.05, 4.69) is 0 Å². The zero-order valence-electron chi connectivity index (χ0n) is 11.6. The molecule has 3 nitrogen and oxygen atoms in total. The van der Waals surface area contributed by atoms with E-state index in [1.54, 1.807) is 13.1 Å². The van der Waals surface area contributed by atoms with Gasteiger partial charge in [0.15, 0.2) is 0 Å². The van der Waals surface area contributed by atoms with Gasteiger partial charge in [-0.2, -0.15) is 0 Å². The SMILES string of the molecule is Cc1cc(C)cc(N(C)C(=O)c2cc(Cl)ccc2O)c1. The van der Waals surface area contributed by atoms with Gasteiger partial charge in [0.25, 0.3) is 5.91 Å². The number of aryl methyl sites for hydroxylation is 2. The number of phenols is 1. The maximum Gasteiger partial charge on any atom is 0.261 e. The van der Waals surface area contributed by atoms with Crippen LogP contribution < -0.4 is 4.90 Å². The highest BCUT2D eigenvalue weighted by molar-refractivity contribution is 6.31. The molecule has 0 spiro atoms. The molecular weight excluding hydrogens is 274 g/mol. The molecule has 0 aliphatic heterocycles. The molecule has 2 aromatic carbocycles. The number of carbonyl (C=O) groups is 1. The molecule has 0 heterocycles. The van der Waals surface area contributed by atoms with Gasteiger partial charge < -0.3 is 10.0 Å². The highest BCUT2D eigenvalue weighted by Gasteiger charge is 2.18. The molecule has 0 aliphatic carbocycles. The third-order valence-electron chi connectivity index (χ3n) is 3.09. The Morgan fingerprint density at radius 2 is 1.70 bits per heavy atom. The molecule has 104 valence electrons. The van der Waals surface area contributed by atoms with Gasteiger partial charge in [0.2, 0.25) is 0 Å². The van der Waals surface area contributed by atoms with Crippen molar-refractivity contribution >= 4 is 23.2 Å². The van der Waals surface area contributed by atoms with Crippen molar-refractivity contribution in [3.05, 3.63) is 58.1 Å². The normalized spacial score (nSPS) is 10.4. The molecule has 0 radical (unpaired) electrons. The van der Waals surface area contributed by atoms with Crippen LogP contribution in [-0.2, 0) is 0 Å². The predicted octanol–water partition coefficient (Wildman–Crippen LogP) is 3.94. The first-order valence-corrected chi connectivity index (χ1v) is 6.61. The average molecular weight is 290 g/mol. The summed E-state index contributed by atoms with van der Waals surface area (Å²) in [5.41, 5.74) is 3.14. The maximum absolute atomic E-state index is 12.4. The Morgan fingerprint density at radius 3 is 2.30 bits per heavy atom. The molecule has 2 rings (SSSR count). The van der Waals surface area contributed by atoms with Crippen molar-refractivity contribution < 1.29 is 9.90 Å². The van der Waals surface area contributed by atoms with Gasteiger partial charge in [0, 0.05) is 17.8 Å². The molecular formula is C16H16ClNO2. The second kappa shape index (κ2) is 5.55. The van der Waals surface area contributed by atoms with E-state index in [9.17, 15) is 9.90 Å². The smallest absolute Gasteiger partial charge is 0.261 e. The fraction of sp³-hybridized carbons (Fsp3) is 0.188. The number of hydrogen-bond acceptors (Lipinski definition) is 2. The zero-order valence-corrected chi connectivity index (χ0v) is 12.4. The number of benzene rings is 2. The van der Waals surface area contributed by atoms with Crippen LogP contribution in [0.15, 0.2) is 36.4 Å². The molecule has 0 aliphatic rings. The van der Waals surface area contributed by atoms with Crippen LogP contribution in [-0.4, -0.2) is 18.1 Å². The lowest BCUT2D eigenvalue weighted by Crippen LogP contribution is -2.26. The Kier molecular flexibility index (Phi) is 4.00. The first-order valence-electron chi connectivity index (χ1n) is 6.23. The molecule has 0 saturated carbocycles. The van der Waals surface area contributed by atoms with E-state index in [1.165, 1.54) is 17.0 Å². The predicted molar refractivity (Wildman–Crippen MR) is 81.8 cm³/mol. The molecule has 1 N–H and O–H groups in total. The van der Waals surface area contributed by atoms with Gasteiger partial charge in [0.05, 0.1) is 5.56 Å². The Balaban J connectivity index is 2.39. The summed E-state index contributed by atoms with van der Waals surface area (Å²) in [6.07, 6.45) is 0. The molecule has 1 amide bonds. The van der Waals surface area contributed by atoms with E-state index in [-0.39, 0.29) is 17.2 Å². The lowest BCUT2D eigenvalue weighted by atomic mass is 10.1. The van der Waals surface area contributed by atoms with E-state index in [4.69, 9.17) is 11.6 Å². The van der Waals surface area contributed by atoms with Gasteiger partial charge >= 0.3 is 0 Å². The van der Waals surface area contributed by atoms with Gasteiger partial charge in [0.1, 0.15) is 5.75 Å². The highest BCUT2D eigenvalue weighted by Crippen LogP contribution is 2.25. The summed E-state index contributed by atoms with van der Waals surface area (Å²) in [5.74, 6) is -0.370. The van der Waals surface area contributed by atoms with Crippen molar-refractivity contribution in [1.82, 2.24) is 0 Å². The number of aromatic hydroxyl groups is 1. The van der Waals surface area contributed by atoms with Crippen molar-refractivity contribution in [2.45, 2.75) is 13.8 Å². The number of nitrogens with zero attached hydrogens (tertiary/aromatic N) is 1. The fourth-order valence-corrected chi connectivity index (χ4v) is 2.29. The highest BCUT2D eigenvalue weighted by atomic mass is 35.5. The number of hydrogen-bond donors (Lipinski definition) is 1. The van der Waals surface area contributed by atoms with Crippen molar-refractivity contribution in [2.75, 3.05) is 11.9 Å². The molecule has 2 aromatic rings. The minimum atomic E-state index is -0.296. The van der Waals surface area contributed by atoms with Gasteiger partial charge in [-0.25, -0.2) is 0 Å². The third-order valence-corrected chi connectivity index (χ3v) is 3.32. The maximum atomic E-state index is 12.4. The van der Waals surface area contributed by atoms with Crippen molar-refractivity contribution in [3.8, 4) is 5.75 Å². The largest absolute Gasteiger partial charge is 0.507 e. The summed E-state index contributed by atoms with van der Waals surface area (Å²) in [4.78, 5) is 14.0. The summed E-state index contributed by atoms with van der Waals surface area (Å²) in [6, 6.07) is 10.3. The van der Waals surface area contributed by atoms with Gasteiger partial charge in [-0.1, -0.05) is 17.7 Å². The quantitative estimate of drug-likeness (QED) is 0.910. The van der Waals surface area contributed by atoms with Crippen LogP contribution in [0.3, 0.4) is 0 Å². The lowest BCUT2D eigenvalue weighted by Gasteiger charge is -2.19. The van der Waals surface area contributed by atoms with Crippen LogP contribution in [0.1, 0.15) is 21.5 Å². The molecule has 0 unspecified atom stereocenters. The van der Waals surface area contributed by atoms with Crippen LogP contribution in [0.2, 0.25) is 5.02 Å². The van der Waals surface area contributed by atoms with Gasteiger partial charge in [-0.05, 0) is 55.3 Å². The molecule has 0 fully saturated rings. The summed E-state index contributed by atoms with van der Waals surface area (Å²) >= 11 is 5.88. The zero-order chi connectivity index (χ0) is 14.9. The Morgan fingerprint density at radius 1 is 1.10 bits per heavy atom. The van der Waals surface area contributed by atoms with Crippen molar-refractivity contribution in [2.24, 2.45) is 0 Å². The fourth-order valence-electron chi connectivity index (χ4n) is 2.12. The third kappa shape index (κ3) is 2.94. The number of carbonyl (C=O) groups excluding carboxylic acids is 1. The molecule has 20 heavy (non-hydrogen) atoms. The van der Waals surface area contributed by atoms with Gasteiger partial charge in [-0.15, -0.1) is 0 Å². The lowest BCUT2D eigenvalue weighted by molar-refractivity contribution is 0.0990. The van der Waals surface area contributed by atoms with Crippen LogP contribution in [0.4, 0.5) is 5.69 Å². The minimum Gasteiger partial charge on any atom is -0.507 e. The standard InChI is InChI=1S/C16H16ClNO2/c1-10-6-11(2)8-13(7-10)18(3)16(20)14-9-12(17)4-5-15(14)19/h4-9,19H,1-3H3. The Hall–Kier alpha value is -2.00. The molecule has 4 heteroatoms. The van der Waals surface area contributed by atoms with Crippen LogP contribution in [0.5, 0.6) is 5.75 Å². The van der Waals surface area contributed by atoms with Crippen LogP contribution in [0, 0.1) is 13.8 Å². The Labute approximate surface area is 123 Å². The van der Waals surface area contributed by atoms with E-state index in [0.717, 1.165) is 16.8 Å². The van der Waals surface area contributed by atoms with E-state index < -0.39 is 0 Å². The molecule has 0 atom stereocenters. The first kappa shape index (κ1) is 14.4. The van der Waals surface area contributed by atoms with Crippen LogP contribution in [0.25, 0.3) is 0 Å². The summed E-state index contributed by atoms with van der Waals surface area (Å²) in [7, 11) is 1.68. The average Bonchev–Trinajstić information content (AvgIpc) is 2.38. The second-order valence-electron chi connectivity index (χ2n) is 4.87. The number of halogens is 1. The first-order chi connectivity index (χ1) is 9.38. The van der Waals surface area contributed by atoms with Crippen molar-refractivity contribution in [3.63, 3.8) is 0 Å². The van der Waals surface area contributed by atoms with E-state index in [0.29, 0.717) is 5.02 Å². The summed E-state index contributed by atoms with van der Waals surface area (Å²) in [6.45, 7) is 3.96. The monoisotopic (exact) mass is 289 g/mol. The van der Waals surface area contributed by atoms with Gasteiger partial charge in [-0.3, -0.25) is 4.79 Å². The molecule has 0 saturated heterocycles.